The van der Waals surface area contributed by atoms with E-state index in [1.54, 1.807) is 0 Å². The van der Waals surface area contributed by atoms with Crippen LogP contribution in [-0.4, -0.2) is 35.6 Å². The normalized spacial score (nSPS) is 14.9. The SMILES string of the molecule is [N-]=[N+]=NCCC(O)(CO)CCF. The van der Waals surface area contributed by atoms with Gasteiger partial charge in [0.1, 0.15) is 0 Å². The summed E-state index contributed by atoms with van der Waals surface area (Å²) < 4.78 is 11.8. The van der Waals surface area contributed by atoms with Gasteiger partial charge in [0.15, 0.2) is 0 Å². The van der Waals surface area contributed by atoms with Crippen LogP contribution >= 0.6 is 0 Å². The quantitative estimate of drug-likeness (QED) is 0.356. The highest BCUT2D eigenvalue weighted by atomic mass is 19.1. The number of hydrogen-bond acceptors (Lipinski definition) is 3. The average Bonchev–Trinajstić information content (AvgIpc) is 2.06. The van der Waals surface area contributed by atoms with Gasteiger partial charge in [0.05, 0.1) is 18.9 Å². The van der Waals surface area contributed by atoms with Crippen molar-refractivity contribution in [3.05, 3.63) is 10.4 Å². The van der Waals surface area contributed by atoms with E-state index in [2.05, 4.69) is 10.0 Å². The molecule has 0 aliphatic heterocycles. The van der Waals surface area contributed by atoms with E-state index >= 15 is 0 Å². The van der Waals surface area contributed by atoms with Gasteiger partial charge in [-0.25, -0.2) is 0 Å². The Morgan fingerprint density at radius 1 is 1.50 bits per heavy atom. The van der Waals surface area contributed by atoms with Gasteiger partial charge in [-0.3, -0.25) is 4.39 Å². The number of nitrogens with zero attached hydrogens (tertiary/aromatic N) is 3. The van der Waals surface area contributed by atoms with Crippen molar-refractivity contribution in [3.8, 4) is 0 Å². The Kier molecular flexibility index (Phi) is 5.36. The van der Waals surface area contributed by atoms with Crippen LogP contribution in [-0.2, 0) is 0 Å². The number of halogens is 1. The van der Waals surface area contributed by atoms with Crippen molar-refractivity contribution in [1.82, 2.24) is 0 Å². The largest absolute Gasteiger partial charge is 0.393 e. The molecule has 6 heteroatoms. The van der Waals surface area contributed by atoms with Crippen LogP contribution in [0.1, 0.15) is 12.8 Å². The molecule has 5 nitrogen and oxygen atoms in total. The first-order valence-corrected chi connectivity index (χ1v) is 3.58. The molecule has 0 saturated heterocycles. The number of aliphatic hydroxyl groups excluding tert-OH is 1. The molecule has 0 fully saturated rings. The zero-order chi connectivity index (χ0) is 9.45. The lowest BCUT2D eigenvalue weighted by atomic mass is 9.98. The summed E-state index contributed by atoms with van der Waals surface area (Å²) in [4.78, 5) is 2.47. The summed E-state index contributed by atoms with van der Waals surface area (Å²) in [7, 11) is 0. The average molecular weight is 177 g/mol. The third-order valence-corrected chi connectivity index (χ3v) is 1.59. The lowest BCUT2D eigenvalue weighted by molar-refractivity contribution is -0.0298. The minimum absolute atomic E-state index is 0.0631. The van der Waals surface area contributed by atoms with Crippen molar-refractivity contribution >= 4 is 0 Å². The van der Waals surface area contributed by atoms with Crippen LogP contribution in [0.15, 0.2) is 5.11 Å². The van der Waals surface area contributed by atoms with E-state index in [-0.39, 0.29) is 19.4 Å². The summed E-state index contributed by atoms with van der Waals surface area (Å²) in [5, 5.41) is 21.2. The topological polar surface area (TPSA) is 89.2 Å². The van der Waals surface area contributed by atoms with E-state index in [1.807, 2.05) is 0 Å². The molecule has 1 unspecified atom stereocenters. The van der Waals surface area contributed by atoms with Crippen molar-refractivity contribution in [2.24, 2.45) is 5.11 Å². The maximum atomic E-state index is 11.8. The molecule has 0 aliphatic rings. The molecule has 0 bridgehead atoms. The van der Waals surface area contributed by atoms with Gasteiger partial charge in [0, 0.05) is 17.9 Å². The predicted molar refractivity (Wildman–Crippen MR) is 41.3 cm³/mol. The van der Waals surface area contributed by atoms with Crippen molar-refractivity contribution < 1.29 is 14.6 Å². The highest BCUT2D eigenvalue weighted by Gasteiger charge is 2.24. The second-order valence-electron chi connectivity index (χ2n) is 2.53. The molecular formula is C6H12FN3O2. The number of hydrogen-bond donors (Lipinski definition) is 2. The van der Waals surface area contributed by atoms with Crippen LogP contribution < -0.4 is 0 Å². The van der Waals surface area contributed by atoms with Gasteiger partial charge in [-0.05, 0) is 12.0 Å². The van der Waals surface area contributed by atoms with E-state index in [9.17, 15) is 9.50 Å². The maximum Gasteiger partial charge on any atom is 0.0922 e. The molecule has 70 valence electrons. The summed E-state index contributed by atoms with van der Waals surface area (Å²) in [5.41, 5.74) is 6.46. The number of azide groups is 1. The monoisotopic (exact) mass is 177 g/mol. The Morgan fingerprint density at radius 3 is 2.58 bits per heavy atom. The fourth-order valence-corrected chi connectivity index (χ4v) is 0.762. The van der Waals surface area contributed by atoms with Crippen LogP contribution in [0.3, 0.4) is 0 Å². The smallest absolute Gasteiger partial charge is 0.0922 e. The van der Waals surface area contributed by atoms with Gasteiger partial charge in [-0.15, -0.1) is 0 Å². The Balaban J connectivity index is 3.86. The molecule has 0 radical (unpaired) electrons. The van der Waals surface area contributed by atoms with Gasteiger partial charge >= 0.3 is 0 Å². The Bertz CT molecular complexity index is 172. The Hall–Kier alpha value is -0.840. The molecule has 0 spiro atoms. The van der Waals surface area contributed by atoms with Crippen LogP contribution in [0.25, 0.3) is 10.4 Å². The second kappa shape index (κ2) is 5.77. The molecule has 0 amide bonds. The van der Waals surface area contributed by atoms with Gasteiger partial charge in [0.25, 0.3) is 0 Å². The summed E-state index contributed by atoms with van der Waals surface area (Å²) in [6.45, 7) is -1.15. The molecule has 0 rings (SSSR count). The lowest BCUT2D eigenvalue weighted by Gasteiger charge is -2.23. The standard InChI is InChI=1S/C6H12FN3O2/c7-3-1-6(12,5-11)2-4-9-10-8/h11-12H,1-5H2. The molecule has 0 heterocycles. The van der Waals surface area contributed by atoms with E-state index in [0.717, 1.165) is 0 Å². The van der Waals surface area contributed by atoms with Crippen LogP contribution in [0.5, 0.6) is 0 Å². The van der Waals surface area contributed by atoms with E-state index in [4.69, 9.17) is 10.6 Å². The first-order valence-electron chi connectivity index (χ1n) is 3.58. The fraction of sp³-hybridized carbons (Fsp3) is 1.00. The van der Waals surface area contributed by atoms with Crippen molar-refractivity contribution in [2.45, 2.75) is 18.4 Å². The predicted octanol–water partition coefficient (Wildman–Crippen LogP) is 0.770. The van der Waals surface area contributed by atoms with E-state index in [1.165, 1.54) is 0 Å². The molecule has 2 N–H and O–H groups in total. The maximum absolute atomic E-state index is 11.8. The van der Waals surface area contributed by atoms with Gasteiger partial charge in [-0.1, -0.05) is 5.11 Å². The van der Waals surface area contributed by atoms with Crippen molar-refractivity contribution in [1.29, 1.82) is 0 Å². The van der Waals surface area contributed by atoms with Crippen LogP contribution in [0, 0.1) is 0 Å². The second-order valence-corrected chi connectivity index (χ2v) is 2.53. The Labute approximate surface area is 69.5 Å². The summed E-state index contributed by atoms with van der Waals surface area (Å²) in [6, 6.07) is 0. The van der Waals surface area contributed by atoms with Crippen LogP contribution in [0.4, 0.5) is 4.39 Å². The van der Waals surface area contributed by atoms with Gasteiger partial charge in [0.2, 0.25) is 0 Å². The number of alkyl halides is 1. The zero-order valence-corrected chi connectivity index (χ0v) is 6.65. The molecule has 1 atom stereocenters. The van der Waals surface area contributed by atoms with Crippen molar-refractivity contribution in [2.75, 3.05) is 19.8 Å². The van der Waals surface area contributed by atoms with E-state index in [0.29, 0.717) is 0 Å². The van der Waals surface area contributed by atoms with Crippen molar-refractivity contribution in [3.63, 3.8) is 0 Å². The minimum atomic E-state index is -1.44. The number of aliphatic hydroxyl groups is 2. The summed E-state index contributed by atoms with van der Waals surface area (Å²) in [5.74, 6) is 0. The molecule has 0 aromatic rings. The van der Waals surface area contributed by atoms with Gasteiger partial charge in [-0.2, -0.15) is 0 Å². The summed E-state index contributed by atoms with van der Waals surface area (Å²) in [6.07, 6.45) is -0.0536. The molecule has 0 aromatic heterocycles. The molecule has 0 aliphatic carbocycles. The first kappa shape index (κ1) is 11.2. The molecule has 0 saturated carbocycles. The third kappa shape index (κ3) is 4.12. The molecular weight excluding hydrogens is 165 g/mol. The highest BCUT2D eigenvalue weighted by molar-refractivity contribution is 4.77. The molecule has 0 aromatic carbocycles. The lowest BCUT2D eigenvalue weighted by Crippen LogP contribution is -2.34. The zero-order valence-electron chi connectivity index (χ0n) is 6.65. The Morgan fingerprint density at radius 2 is 2.17 bits per heavy atom. The van der Waals surface area contributed by atoms with E-state index < -0.39 is 18.9 Å². The first-order chi connectivity index (χ1) is 5.68. The van der Waals surface area contributed by atoms with Crippen LogP contribution in [0.2, 0.25) is 0 Å². The van der Waals surface area contributed by atoms with Gasteiger partial charge < -0.3 is 10.2 Å². The number of rotatable bonds is 6. The highest BCUT2D eigenvalue weighted by Crippen LogP contribution is 2.14. The third-order valence-electron chi connectivity index (χ3n) is 1.59. The summed E-state index contributed by atoms with van der Waals surface area (Å²) >= 11 is 0. The fourth-order valence-electron chi connectivity index (χ4n) is 0.762. The minimum Gasteiger partial charge on any atom is -0.393 e. The molecule has 12 heavy (non-hydrogen) atoms.